The highest BCUT2D eigenvalue weighted by molar-refractivity contribution is 6.01. The van der Waals surface area contributed by atoms with E-state index in [1.54, 1.807) is 6.07 Å². The minimum absolute atomic E-state index is 0.113. The molecule has 1 fully saturated rings. The molecule has 2 aromatic rings. The number of aromatic carboxylic acids is 1. The van der Waals surface area contributed by atoms with Crippen molar-refractivity contribution in [3.63, 3.8) is 0 Å². The average Bonchev–Trinajstić information content (AvgIpc) is 3.15. The van der Waals surface area contributed by atoms with Crippen molar-refractivity contribution < 1.29 is 9.90 Å². The van der Waals surface area contributed by atoms with Crippen LogP contribution < -0.4 is 0 Å². The van der Waals surface area contributed by atoms with E-state index >= 15 is 0 Å². The van der Waals surface area contributed by atoms with E-state index in [0.717, 1.165) is 11.3 Å². The van der Waals surface area contributed by atoms with Gasteiger partial charge in [0.1, 0.15) is 11.3 Å². The average molecular weight is 286 g/mol. The number of carboxylic acids is 1. The molecule has 21 heavy (non-hydrogen) atoms. The number of nitrogens with zero attached hydrogens (tertiary/aromatic N) is 2. The summed E-state index contributed by atoms with van der Waals surface area (Å²) in [6.07, 6.45) is 2.51. The quantitative estimate of drug-likeness (QED) is 0.927. The topological polar surface area (TPSA) is 55.1 Å². The van der Waals surface area contributed by atoms with Crippen LogP contribution >= 0.6 is 0 Å². The first-order valence-corrected chi connectivity index (χ1v) is 7.55. The maximum absolute atomic E-state index is 11.5. The molecule has 1 aliphatic carbocycles. The van der Waals surface area contributed by atoms with Gasteiger partial charge in [0.05, 0.1) is 11.1 Å². The van der Waals surface area contributed by atoms with Crippen LogP contribution in [0.1, 0.15) is 62.8 Å². The summed E-state index contributed by atoms with van der Waals surface area (Å²) in [6, 6.07) is 5.81. The van der Waals surface area contributed by atoms with Gasteiger partial charge in [-0.15, -0.1) is 0 Å². The Labute approximate surface area is 124 Å². The number of carbonyl (C=O) groups is 1. The van der Waals surface area contributed by atoms with Crippen molar-refractivity contribution in [2.45, 2.75) is 52.0 Å². The number of carboxylic acid groups (broad SMARTS) is 1. The van der Waals surface area contributed by atoms with Gasteiger partial charge in [0.2, 0.25) is 0 Å². The van der Waals surface area contributed by atoms with Crippen LogP contribution in [-0.4, -0.2) is 20.6 Å². The fourth-order valence-electron chi connectivity index (χ4n) is 3.02. The summed E-state index contributed by atoms with van der Waals surface area (Å²) in [6.45, 7) is 8.61. The first kappa shape index (κ1) is 14.1. The van der Waals surface area contributed by atoms with Crippen molar-refractivity contribution in [1.29, 1.82) is 0 Å². The van der Waals surface area contributed by atoms with Crippen LogP contribution in [0.5, 0.6) is 0 Å². The molecule has 1 aromatic carbocycles. The third kappa shape index (κ3) is 2.33. The third-order valence-corrected chi connectivity index (χ3v) is 4.33. The van der Waals surface area contributed by atoms with E-state index in [4.69, 9.17) is 4.98 Å². The Kier molecular flexibility index (Phi) is 3.08. The molecule has 0 bridgehead atoms. The van der Waals surface area contributed by atoms with E-state index < -0.39 is 5.97 Å². The Balaban J connectivity index is 2.31. The largest absolute Gasteiger partial charge is 0.478 e. The third-order valence-electron chi connectivity index (χ3n) is 4.33. The van der Waals surface area contributed by atoms with Crippen molar-refractivity contribution in [2.75, 3.05) is 0 Å². The first-order valence-electron chi connectivity index (χ1n) is 7.55. The van der Waals surface area contributed by atoms with Gasteiger partial charge in [0, 0.05) is 11.5 Å². The normalized spacial score (nSPS) is 17.1. The number of benzene rings is 1. The minimum atomic E-state index is -0.912. The predicted octanol–water partition coefficient (Wildman–Crippen LogP) is 4.00. The van der Waals surface area contributed by atoms with Crippen LogP contribution in [-0.2, 0) is 5.41 Å². The number of para-hydroxylation sites is 1. The second-order valence-electron chi connectivity index (χ2n) is 7.11. The molecule has 1 atom stereocenters. The Morgan fingerprint density at radius 3 is 2.57 bits per heavy atom. The molecule has 1 unspecified atom stereocenters. The van der Waals surface area contributed by atoms with Crippen molar-refractivity contribution in [3.05, 3.63) is 29.6 Å². The smallest absolute Gasteiger partial charge is 0.337 e. The molecule has 1 aromatic heterocycles. The van der Waals surface area contributed by atoms with E-state index in [1.165, 1.54) is 12.8 Å². The van der Waals surface area contributed by atoms with Gasteiger partial charge < -0.3 is 9.67 Å². The number of rotatable bonds is 3. The SMILES string of the molecule is CC(C1CC1)n1c(C(C)(C)C)nc2c(C(=O)O)cccc21. The van der Waals surface area contributed by atoms with Crippen LogP contribution in [0.25, 0.3) is 11.0 Å². The zero-order valence-electron chi connectivity index (χ0n) is 13.1. The molecular formula is C17H22N2O2. The van der Waals surface area contributed by atoms with E-state index in [1.807, 2.05) is 12.1 Å². The molecule has 4 heteroatoms. The number of aromatic nitrogens is 2. The van der Waals surface area contributed by atoms with Gasteiger partial charge in [-0.25, -0.2) is 9.78 Å². The summed E-state index contributed by atoms with van der Waals surface area (Å²) < 4.78 is 2.26. The van der Waals surface area contributed by atoms with Crippen LogP contribution in [0, 0.1) is 5.92 Å². The molecule has 0 radical (unpaired) electrons. The van der Waals surface area contributed by atoms with E-state index in [9.17, 15) is 9.90 Å². The summed E-state index contributed by atoms with van der Waals surface area (Å²) in [5.41, 5.74) is 1.74. The van der Waals surface area contributed by atoms with Gasteiger partial charge in [-0.2, -0.15) is 0 Å². The lowest BCUT2D eigenvalue weighted by atomic mass is 9.95. The Morgan fingerprint density at radius 1 is 1.38 bits per heavy atom. The lowest BCUT2D eigenvalue weighted by Crippen LogP contribution is -2.21. The Hall–Kier alpha value is -1.84. The molecule has 0 saturated heterocycles. The molecule has 0 spiro atoms. The maximum atomic E-state index is 11.5. The summed E-state index contributed by atoms with van der Waals surface area (Å²) in [5.74, 6) is 0.757. The van der Waals surface area contributed by atoms with Crippen molar-refractivity contribution in [2.24, 2.45) is 5.92 Å². The molecule has 1 aliphatic rings. The van der Waals surface area contributed by atoms with Crippen LogP contribution in [0.4, 0.5) is 0 Å². The zero-order valence-corrected chi connectivity index (χ0v) is 13.1. The van der Waals surface area contributed by atoms with Crippen LogP contribution in [0.3, 0.4) is 0 Å². The Morgan fingerprint density at radius 2 is 2.05 bits per heavy atom. The second kappa shape index (κ2) is 4.58. The number of hydrogen-bond acceptors (Lipinski definition) is 2. The molecule has 3 rings (SSSR count). The van der Waals surface area contributed by atoms with Gasteiger partial charge in [-0.1, -0.05) is 26.8 Å². The van der Waals surface area contributed by atoms with Gasteiger partial charge in [-0.05, 0) is 37.8 Å². The summed E-state index contributed by atoms with van der Waals surface area (Å²) in [7, 11) is 0. The zero-order chi connectivity index (χ0) is 15.4. The monoisotopic (exact) mass is 286 g/mol. The maximum Gasteiger partial charge on any atom is 0.337 e. The predicted molar refractivity (Wildman–Crippen MR) is 82.8 cm³/mol. The van der Waals surface area contributed by atoms with Crippen molar-refractivity contribution >= 4 is 17.0 Å². The van der Waals surface area contributed by atoms with E-state index in [0.29, 0.717) is 23.0 Å². The highest BCUT2D eigenvalue weighted by atomic mass is 16.4. The minimum Gasteiger partial charge on any atom is -0.478 e. The molecule has 1 N–H and O–H groups in total. The highest BCUT2D eigenvalue weighted by Gasteiger charge is 2.34. The molecule has 1 saturated carbocycles. The number of hydrogen-bond donors (Lipinski definition) is 1. The summed E-state index contributed by atoms with van der Waals surface area (Å²) >= 11 is 0. The van der Waals surface area contributed by atoms with Crippen LogP contribution in [0.2, 0.25) is 0 Å². The lowest BCUT2D eigenvalue weighted by Gasteiger charge is -2.24. The molecule has 4 nitrogen and oxygen atoms in total. The fraction of sp³-hybridized carbons (Fsp3) is 0.529. The standard InChI is InChI=1S/C17H22N2O2/c1-10(11-8-9-11)19-13-7-5-6-12(15(20)21)14(13)18-16(19)17(2,3)4/h5-7,10-11H,8-9H2,1-4H3,(H,20,21). The van der Waals surface area contributed by atoms with E-state index in [-0.39, 0.29) is 5.41 Å². The second-order valence-corrected chi connectivity index (χ2v) is 7.11. The first-order chi connectivity index (χ1) is 9.80. The lowest BCUT2D eigenvalue weighted by molar-refractivity contribution is 0.0699. The van der Waals surface area contributed by atoms with Crippen molar-refractivity contribution in [3.8, 4) is 0 Å². The summed E-state index contributed by atoms with van der Waals surface area (Å²) in [5, 5.41) is 9.40. The molecular weight excluding hydrogens is 264 g/mol. The summed E-state index contributed by atoms with van der Waals surface area (Å²) in [4.78, 5) is 16.2. The van der Waals surface area contributed by atoms with Crippen LogP contribution in [0.15, 0.2) is 18.2 Å². The number of imidazole rings is 1. The molecule has 0 aliphatic heterocycles. The van der Waals surface area contributed by atoms with Gasteiger partial charge in [-0.3, -0.25) is 0 Å². The number of fused-ring (bicyclic) bond motifs is 1. The van der Waals surface area contributed by atoms with E-state index in [2.05, 4.69) is 32.3 Å². The van der Waals surface area contributed by atoms with Gasteiger partial charge in [0.25, 0.3) is 0 Å². The molecule has 112 valence electrons. The molecule has 0 amide bonds. The highest BCUT2D eigenvalue weighted by Crippen LogP contribution is 2.43. The van der Waals surface area contributed by atoms with Gasteiger partial charge >= 0.3 is 5.97 Å². The fourth-order valence-corrected chi connectivity index (χ4v) is 3.02. The van der Waals surface area contributed by atoms with Crippen molar-refractivity contribution in [1.82, 2.24) is 9.55 Å². The Bertz CT molecular complexity index is 705. The molecule has 1 heterocycles. The van der Waals surface area contributed by atoms with Gasteiger partial charge in [0.15, 0.2) is 0 Å².